The Morgan fingerprint density at radius 1 is 1.44 bits per heavy atom. The lowest BCUT2D eigenvalue weighted by Gasteiger charge is -2.17. The van der Waals surface area contributed by atoms with Gasteiger partial charge in [0.15, 0.2) is 5.82 Å². The van der Waals surface area contributed by atoms with Gasteiger partial charge in [0.1, 0.15) is 0 Å². The summed E-state index contributed by atoms with van der Waals surface area (Å²) in [5.74, 6) is 5.66. The van der Waals surface area contributed by atoms with Gasteiger partial charge in [0.25, 0.3) is 0 Å². The highest BCUT2D eigenvalue weighted by atomic mass is 16.7. The quantitative estimate of drug-likeness (QED) is 0.354. The van der Waals surface area contributed by atoms with Crippen LogP contribution >= 0.6 is 0 Å². The molecule has 102 valence electrons. The van der Waals surface area contributed by atoms with E-state index in [-0.39, 0.29) is 0 Å². The van der Waals surface area contributed by atoms with Gasteiger partial charge in [0.05, 0.1) is 19.1 Å². The molecular formula is C11H22N6O. The molecule has 7 heteroatoms. The summed E-state index contributed by atoms with van der Waals surface area (Å²) in [6, 6.07) is 3.75. The van der Waals surface area contributed by atoms with Crippen molar-refractivity contribution in [2.45, 2.75) is 0 Å². The van der Waals surface area contributed by atoms with Crippen LogP contribution in [0.1, 0.15) is 0 Å². The third kappa shape index (κ3) is 6.79. The van der Waals surface area contributed by atoms with Gasteiger partial charge in [-0.15, -0.1) is 0 Å². The number of nitrogens with two attached hydrogens (primary N) is 1. The highest BCUT2D eigenvalue weighted by Gasteiger charge is 2.06. The van der Waals surface area contributed by atoms with Crippen molar-refractivity contribution in [3.8, 4) is 0 Å². The van der Waals surface area contributed by atoms with Crippen LogP contribution in [-0.4, -0.2) is 51.6 Å². The summed E-state index contributed by atoms with van der Waals surface area (Å²) < 4.78 is 0. The first-order chi connectivity index (χ1) is 8.52. The minimum Gasteiger partial charge on any atom is -0.344 e. The van der Waals surface area contributed by atoms with Crippen molar-refractivity contribution in [2.24, 2.45) is 10.8 Å². The van der Waals surface area contributed by atoms with Gasteiger partial charge in [-0.3, -0.25) is 20.7 Å². The molecule has 3 N–H and O–H groups in total. The Labute approximate surface area is 108 Å². The predicted octanol–water partition coefficient (Wildman–Crippen LogP) is 0.571. The molecule has 0 bridgehead atoms. The molecule has 0 radical (unpaired) electrons. The molecular weight excluding hydrogens is 232 g/mol. The van der Waals surface area contributed by atoms with Crippen molar-refractivity contribution in [3.63, 3.8) is 0 Å². The van der Waals surface area contributed by atoms with E-state index in [9.17, 15) is 0 Å². The van der Waals surface area contributed by atoms with Crippen LogP contribution in [0.4, 0.5) is 11.5 Å². The normalized spacial score (nSPS) is 10.2. The molecule has 0 aliphatic heterocycles. The number of nitrogens with one attached hydrogen (secondary N) is 1. The molecule has 1 aromatic rings. The highest BCUT2D eigenvalue weighted by Crippen LogP contribution is 2.20. The number of aromatic nitrogens is 1. The van der Waals surface area contributed by atoms with Crippen LogP contribution in [-0.2, 0) is 4.84 Å². The fourth-order valence-corrected chi connectivity index (χ4v) is 0.981. The Morgan fingerprint density at radius 2 is 2.06 bits per heavy atom. The van der Waals surface area contributed by atoms with Gasteiger partial charge in [0.2, 0.25) is 0 Å². The van der Waals surface area contributed by atoms with Crippen molar-refractivity contribution in [1.82, 2.24) is 9.99 Å². The molecule has 0 atom stereocenters. The number of aliphatic imine (C=N–C) groups is 1. The second kappa shape index (κ2) is 9.34. The number of nitrogens with zero attached hydrogens (tertiary/aromatic N) is 4. The predicted molar refractivity (Wildman–Crippen MR) is 75.6 cm³/mol. The summed E-state index contributed by atoms with van der Waals surface area (Å²) >= 11 is 0. The average Bonchev–Trinajstić information content (AvgIpc) is 2.35. The SMILES string of the molecule is CN(C)N.CN=CNc1cccnc1N(C)OC. The lowest BCUT2D eigenvalue weighted by molar-refractivity contribution is 0.183. The standard InChI is InChI=1S/C9H14N4O.C2H8N2/c1-10-7-12-8-5-4-6-11-9(8)13(2)14-3;1-4(2)3/h4-7H,1-3H3,(H,10,12);3H2,1-2H3. The molecule has 1 rings (SSSR count). The summed E-state index contributed by atoms with van der Waals surface area (Å²) in [4.78, 5) is 13.1. The Morgan fingerprint density at radius 3 is 2.56 bits per heavy atom. The van der Waals surface area contributed by atoms with E-state index >= 15 is 0 Å². The van der Waals surface area contributed by atoms with Crippen LogP contribution in [0.25, 0.3) is 0 Å². The molecule has 1 aromatic heterocycles. The minimum absolute atomic E-state index is 0.718. The van der Waals surface area contributed by atoms with E-state index in [1.54, 1.807) is 52.9 Å². The van der Waals surface area contributed by atoms with Crippen molar-refractivity contribution >= 4 is 17.8 Å². The maximum atomic E-state index is 5.04. The summed E-state index contributed by atoms with van der Waals surface area (Å²) in [5, 5.41) is 6.08. The number of hydrogen-bond acceptors (Lipinski definition) is 6. The molecule has 0 aromatic carbocycles. The van der Waals surface area contributed by atoms with Crippen molar-refractivity contribution in [1.29, 1.82) is 0 Å². The Kier molecular flexibility index (Phi) is 8.46. The monoisotopic (exact) mass is 254 g/mol. The summed E-state index contributed by atoms with van der Waals surface area (Å²) in [5.41, 5.74) is 0.849. The maximum absolute atomic E-state index is 5.04. The molecule has 0 amide bonds. The third-order valence-corrected chi connectivity index (χ3v) is 1.71. The zero-order valence-electron chi connectivity index (χ0n) is 11.6. The summed E-state index contributed by atoms with van der Waals surface area (Å²) in [7, 11) is 8.63. The zero-order chi connectivity index (χ0) is 14.0. The van der Waals surface area contributed by atoms with Crippen LogP contribution in [0.3, 0.4) is 0 Å². The molecule has 0 fully saturated rings. The first-order valence-corrected chi connectivity index (χ1v) is 5.35. The molecule has 0 aliphatic carbocycles. The molecule has 0 aliphatic rings. The van der Waals surface area contributed by atoms with E-state index in [2.05, 4.69) is 15.3 Å². The molecule has 0 saturated heterocycles. The van der Waals surface area contributed by atoms with Crippen LogP contribution in [0.5, 0.6) is 0 Å². The number of anilines is 2. The van der Waals surface area contributed by atoms with E-state index < -0.39 is 0 Å². The van der Waals surface area contributed by atoms with Crippen LogP contribution in [0.15, 0.2) is 23.3 Å². The number of hydrazine groups is 1. The van der Waals surface area contributed by atoms with Crippen molar-refractivity contribution in [3.05, 3.63) is 18.3 Å². The second-order valence-corrected chi connectivity index (χ2v) is 3.55. The Bertz CT molecular complexity index is 352. The smallest absolute Gasteiger partial charge is 0.176 e. The third-order valence-electron chi connectivity index (χ3n) is 1.71. The van der Waals surface area contributed by atoms with Crippen molar-refractivity contribution < 1.29 is 4.84 Å². The number of rotatable bonds is 4. The van der Waals surface area contributed by atoms with E-state index in [4.69, 9.17) is 10.7 Å². The van der Waals surface area contributed by atoms with Gasteiger partial charge in [-0.05, 0) is 12.1 Å². The fraction of sp³-hybridized carbons (Fsp3) is 0.455. The molecule has 0 saturated carbocycles. The summed E-state index contributed by atoms with van der Waals surface area (Å²) in [6.45, 7) is 0. The zero-order valence-corrected chi connectivity index (χ0v) is 11.6. The van der Waals surface area contributed by atoms with Gasteiger partial charge < -0.3 is 5.32 Å². The highest BCUT2D eigenvalue weighted by molar-refractivity contribution is 5.81. The van der Waals surface area contributed by atoms with E-state index in [1.165, 1.54) is 5.01 Å². The molecule has 0 spiro atoms. The van der Waals surface area contributed by atoms with Gasteiger partial charge in [-0.1, -0.05) is 0 Å². The van der Waals surface area contributed by atoms with Crippen LogP contribution in [0.2, 0.25) is 0 Å². The topological polar surface area (TPSA) is 79.0 Å². The average molecular weight is 254 g/mol. The van der Waals surface area contributed by atoms with Gasteiger partial charge in [0, 0.05) is 34.4 Å². The fourth-order valence-electron chi connectivity index (χ4n) is 0.981. The van der Waals surface area contributed by atoms with E-state index in [0.29, 0.717) is 0 Å². The Hall–Kier alpha value is -1.70. The van der Waals surface area contributed by atoms with Crippen LogP contribution in [0, 0.1) is 0 Å². The van der Waals surface area contributed by atoms with E-state index in [0.717, 1.165) is 11.5 Å². The largest absolute Gasteiger partial charge is 0.344 e. The lowest BCUT2D eigenvalue weighted by atomic mass is 10.4. The number of hydrogen-bond donors (Lipinski definition) is 2. The molecule has 18 heavy (non-hydrogen) atoms. The first kappa shape index (κ1) is 16.3. The van der Waals surface area contributed by atoms with E-state index in [1.807, 2.05) is 12.1 Å². The van der Waals surface area contributed by atoms with Gasteiger partial charge in [-0.2, -0.15) is 0 Å². The Balaban J connectivity index is 0.000000631. The number of hydroxylamine groups is 1. The lowest BCUT2D eigenvalue weighted by Crippen LogP contribution is -2.18. The molecule has 7 nitrogen and oxygen atoms in total. The maximum Gasteiger partial charge on any atom is 0.176 e. The van der Waals surface area contributed by atoms with Gasteiger partial charge in [-0.25, -0.2) is 10.0 Å². The molecule has 0 unspecified atom stereocenters. The number of pyridine rings is 1. The van der Waals surface area contributed by atoms with Gasteiger partial charge >= 0.3 is 0 Å². The van der Waals surface area contributed by atoms with Crippen LogP contribution < -0.4 is 16.2 Å². The second-order valence-electron chi connectivity index (χ2n) is 3.55. The van der Waals surface area contributed by atoms with Crippen molar-refractivity contribution in [2.75, 3.05) is 45.7 Å². The summed E-state index contributed by atoms with van der Waals surface area (Å²) in [6.07, 6.45) is 3.31. The first-order valence-electron chi connectivity index (χ1n) is 5.35. The molecule has 1 heterocycles. The minimum atomic E-state index is 0.718.